The molecule has 0 radical (unpaired) electrons. The molecule has 3 aromatic carbocycles. The maximum atomic E-state index is 13.8. The molecule has 1 atom stereocenters. The van der Waals surface area contributed by atoms with E-state index >= 15 is 0 Å². The molecular weight excluding hydrogens is 520 g/mol. The number of hydrogen-bond donors (Lipinski definition) is 1. The lowest BCUT2D eigenvalue weighted by molar-refractivity contribution is -0.123. The number of aryl methyl sites for hydroxylation is 3. The molecule has 0 saturated heterocycles. The number of anilines is 1. The van der Waals surface area contributed by atoms with E-state index in [9.17, 15) is 9.59 Å². The number of carbonyl (C=O) groups excluding carboxylic acids is 2. The number of thioether (sulfide) groups is 1. The fourth-order valence-electron chi connectivity index (χ4n) is 5.13. The molecule has 0 spiro atoms. The lowest BCUT2D eigenvalue weighted by Gasteiger charge is -2.24. The van der Waals surface area contributed by atoms with Crippen LogP contribution in [0.15, 0.2) is 72.8 Å². The third kappa shape index (κ3) is 5.69. The van der Waals surface area contributed by atoms with E-state index in [2.05, 4.69) is 49.5 Å². The van der Waals surface area contributed by atoms with Crippen molar-refractivity contribution in [2.24, 2.45) is 0 Å². The first kappa shape index (κ1) is 27.7. The van der Waals surface area contributed by atoms with Crippen LogP contribution in [0.4, 0.5) is 5.82 Å². The Balaban J connectivity index is 1.78. The highest BCUT2D eigenvalue weighted by Crippen LogP contribution is 2.48. The molecule has 40 heavy (non-hydrogen) atoms. The monoisotopic (exact) mass is 554 g/mol. The number of rotatable bonds is 8. The smallest absolute Gasteiger partial charge is 0.240 e. The predicted octanol–water partition coefficient (Wildman–Crippen LogP) is 5.40. The molecule has 1 aliphatic heterocycles. The van der Waals surface area contributed by atoms with E-state index in [1.807, 2.05) is 54.1 Å². The highest BCUT2D eigenvalue weighted by Gasteiger charge is 2.37. The number of amides is 2. The summed E-state index contributed by atoms with van der Waals surface area (Å²) < 4.78 is 6.95. The van der Waals surface area contributed by atoms with Gasteiger partial charge in [0.1, 0.15) is 12.4 Å². The van der Waals surface area contributed by atoms with Gasteiger partial charge in [-0.1, -0.05) is 77.9 Å². The van der Waals surface area contributed by atoms with Crippen molar-refractivity contribution in [1.82, 2.24) is 15.1 Å². The summed E-state index contributed by atoms with van der Waals surface area (Å²) in [6.07, 6.45) is 0. The van der Waals surface area contributed by atoms with Gasteiger partial charge in [0.2, 0.25) is 11.8 Å². The Bertz CT molecular complexity index is 1530. The number of fused-ring (bicyclic) bond motifs is 1. The van der Waals surface area contributed by atoms with Crippen molar-refractivity contribution in [3.8, 4) is 16.9 Å². The molecule has 1 aromatic heterocycles. The highest BCUT2D eigenvalue weighted by atomic mass is 32.2. The Morgan fingerprint density at radius 1 is 1.02 bits per heavy atom. The van der Waals surface area contributed by atoms with E-state index in [4.69, 9.17) is 9.84 Å². The van der Waals surface area contributed by atoms with Gasteiger partial charge in [0, 0.05) is 24.8 Å². The molecule has 5 rings (SSSR count). The van der Waals surface area contributed by atoms with Crippen LogP contribution in [0.1, 0.15) is 33.1 Å². The number of methoxy groups -OCH3 is 1. The zero-order valence-corrected chi connectivity index (χ0v) is 24.1. The van der Waals surface area contributed by atoms with Gasteiger partial charge in [-0.3, -0.25) is 14.5 Å². The predicted molar refractivity (Wildman–Crippen MR) is 161 cm³/mol. The van der Waals surface area contributed by atoms with Gasteiger partial charge in [-0.2, -0.15) is 5.10 Å². The lowest BCUT2D eigenvalue weighted by Crippen LogP contribution is -2.43. The number of nitrogens with one attached hydrogen (secondary N) is 1. The van der Waals surface area contributed by atoms with Gasteiger partial charge in [-0.05, 0) is 38.0 Å². The molecule has 1 N–H and O–H groups in total. The zero-order valence-electron chi connectivity index (χ0n) is 23.3. The first-order valence-corrected chi connectivity index (χ1v) is 14.4. The quantitative estimate of drug-likeness (QED) is 0.295. The molecule has 7 nitrogen and oxygen atoms in total. The first-order valence-electron chi connectivity index (χ1n) is 13.4. The van der Waals surface area contributed by atoms with Gasteiger partial charge < -0.3 is 10.1 Å². The summed E-state index contributed by atoms with van der Waals surface area (Å²) in [6, 6.07) is 24.7. The summed E-state index contributed by atoms with van der Waals surface area (Å²) in [7, 11) is 1.59. The van der Waals surface area contributed by atoms with Crippen molar-refractivity contribution in [3.05, 3.63) is 101 Å². The van der Waals surface area contributed by atoms with E-state index in [-0.39, 0.29) is 29.4 Å². The van der Waals surface area contributed by atoms with Crippen molar-refractivity contribution < 1.29 is 14.3 Å². The first-order chi connectivity index (χ1) is 19.4. The van der Waals surface area contributed by atoms with Gasteiger partial charge in [-0.15, -0.1) is 11.8 Å². The molecule has 0 aliphatic carbocycles. The fraction of sp³-hybridized carbons (Fsp3) is 0.281. The highest BCUT2D eigenvalue weighted by molar-refractivity contribution is 8.00. The second-order valence-corrected chi connectivity index (χ2v) is 11.2. The second-order valence-electron chi connectivity index (χ2n) is 10.1. The van der Waals surface area contributed by atoms with Gasteiger partial charge in [0.05, 0.1) is 29.0 Å². The van der Waals surface area contributed by atoms with Crippen LogP contribution in [0.5, 0.6) is 0 Å². The van der Waals surface area contributed by atoms with E-state index in [0.717, 1.165) is 44.8 Å². The topological polar surface area (TPSA) is 76.5 Å². The standard InChI is InChI=1S/C32H34N4O3S/c1-21-9-8-12-25(18-21)31-29-30(24-10-6-5-7-11-24)34-36(26-14-13-22(2)17-23(26)3)32(29)35(28(38)20-40-31)19-27(37)33-15-16-39-4/h5-14,17-18,31H,15-16,19-20H2,1-4H3,(H,33,37). The number of aromatic nitrogens is 2. The SMILES string of the molecule is COCCNC(=O)CN1C(=O)CSC(c2cccc(C)c2)c2c(-c3ccccc3)nn(-c3ccc(C)cc3C)c21. The average Bonchev–Trinajstić information content (AvgIpc) is 3.25. The van der Waals surface area contributed by atoms with Gasteiger partial charge in [0.15, 0.2) is 0 Å². The summed E-state index contributed by atoms with van der Waals surface area (Å²) in [5.41, 5.74) is 7.98. The van der Waals surface area contributed by atoms with Crippen LogP contribution < -0.4 is 10.2 Å². The van der Waals surface area contributed by atoms with Crippen molar-refractivity contribution in [2.75, 3.05) is 37.5 Å². The minimum Gasteiger partial charge on any atom is -0.383 e. The molecule has 1 aliphatic rings. The molecular formula is C32H34N4O3S. The van der Waals surface area contributed by atoms with Gasteiger partial charge in [0.25, 0.3) is 0 Å². The average molecular weight is 555 g/mol. The van der Waals surface area contributed by atoms with Crippen LogP contribution in [0, 0.1) is 20.8 Å². The van der Waals surface area contributed by atoms with Crippen molar-refractivity contribution in [3.63, 3.8) is 0 Å². The Morgan fingerprint density at radius 3 is 2.52 bits per heavy atom. The van der Waals surface area contributed by atoms with Crippen LogP contribution in [0.25, 0.3) is 16.9 Å². The van der Waals surface area contributed by atoms with Crippen LogP contribution in [-0.4, -0.2) is 54.2 Å². The molecule has 206 valence electrons. The lowest BCUT2D eigenvalue weighted by atomic mass is 9.98. The summed E-state index contributed by atoms with van der Waals surface area (Å²) in [6.45, 7) is 6.84. The Kier molecular flexibility index (Phi) is 8.38. The van der Waals surface area contributed by atoms with Gasteiger partial charge in [-0.25, -0.2) is 4.68 Å². The molecule has 0 saturated carbocycles. The molecule has 0 fully saturated rings. The minimum absolute atomic E-state index is 0.110. The van der Waals surface area contributed by atoms with Gasteiger partial charge >= 0.3 is 0 Å². The maximum absolute atomic E-state index is 13.8. The molecule has 1 unspecified atom stereocenters. The Labute approximate surface area is 239 Å². The van der Waals surface area contributed by atoms with E-state index < -0.39 is 0 Å². The Hall–Kier alpha value is -3.88. The zero-order chi connectivity index (χ0) is 28.2. The minimum atomic E-state index is -0.245. The number of ether oxygens (including phenoxy) is 1. The summed E-state index contributed by atoms with van der Waals surface area (Å²) in [5.74, 6) is 0.493. The third-order valence-corrected chi connectivity index (χ3v) is 8.25. The molecule has 4 aromatic rings. The number of hydrogen-bond acceptors (Lipinski definition) is 5. The van der Waals surface area contributed by atoms with Crippen molar-refractivity contribution >= 4 is 29.4 Å². The summed E-state index contributed by atoms with van der Waals surface area (Å²) in [4.78, 5) is 28.5. The maximum Gasteiger partial charge on any atom is 0.240 e. The number of carbonyl (C=O) groups is 2. The molecule has 8 heteroatoms. The molecule has 0 bridgehead atoms. The van der Waals surface area contributed by atoms with E-state index in [1.54, 1.807) is 23.8 Å². The van der Waals surface area contributed by atoms with E-state index in [0.29, 0.717) is 19.0 Å². The largest absolute Gasteiger partial charge is 0.383 e. The van der Waals surface area contributed by atoms with Crippen LogP contribution >= 0.6 is 11.8 Å². The fourth-order valence-corrected chi connectivity index (χ4v) is 6.32. The second kappa shape index (κ2) is 12.1. The third-order valence-electron chi connectivity index (χ3n) is 6.99. The van der Waals surface area contributed by atoms with Crippen LogP contribution in [0.3, 0.4) is 0 Å². The van der Waals surface area contributed by atoms with Crippen LogP contribution in [-0.2, 0) is 14.3 Å². The molecule has 2 heterocycles. The Morgan fingerprint density at radius 2 is 1.80 bits per heavy atom. The summed E-state index contributed by atoms with van der Waals surface area (Å²) >= 11 is 1.58. The number of benzene rings is 3. The summed E-state index contributed by atoms with van der Waals surface area (Å²) in [5, 5.41) is 7.91. The normalized spacial score (nSPS) is 15.1. The van der Waals surface area contributed by atoms with E-state index in [1.165, 1.54) is 0 Å². The number of nitrogens with zero attached hydrogens (tertiary/aromatic N) is 3. The van der Waals surface area contributed by atoms with Crippen molar-refractivity contribution in [2.45, 2.75) is 26.0 Å². The van der Waals surface area contributed by atoms with Crippen LogP contribution in [0.2, 0.25) is 0 Å². The van der Waals surface area contributed by atoms with Crippen molar-refractivity contribution in [1.29, 1.82) is 0 Å². The molecule has 2 amide bonds.